The highest BCUT2D eigenvalue weighted by atomic mass is 32.2. The normalized spacial score (nSPS) is 10.9. The third-order valence-corrected chi connectivity index (χ3v) is 3.21. The summed E-state index contributed by atoms with van der Waals surface area (Å²) in [6.45, 7) is -0.235. The van der Waals surface area contributed by atoms with Crippen molar-refractivity contribution < 1.29 is 13.5 Å². The topological polar surface area (TPSA) is 66.4 Å². The van der Waals surface area contributed by atoms with Gasteiger partial charge in [-0.15, -0.1) is 6.42 Å². The van der Waals surface area contributed by atoms with Crippen LogP contribution in [0.2, 0.25) is 0 Å². The first-order valence-corrected chi connectivity index (χ1v) is 5.75. The van der Waals surface area contributed by atoms with Crippen molar-refractivity contribution in [3.8, 4) is 12.3 Å². The Morgan fingerprint density at radius 1 is 1.33 bits per heavy atom. The zero-order valence-electron chi connectivity index (χ0n) is 7.97. The van der Waals surface area contributed by atoms with Gasteiger partial charge in [-0.2, -0.15) is 0 Å². The molecule has 1 aromatic rings. The Morgan fingerprint density at radius 2 is 1.93 bits per heavy atom. The van der Waals surface area contributed by atoms with Gasteiger partial charge in [-0.3, -0.25) is 0 Å². The molecule has 0 aliphatic rings. The van der Waals surface area contributed by atoms with Gasteiger partial charge in [0.15, 0.2) is 0 Å². The number of nitrogens with one attached hydrogen (secondary N) is 1. The number of aliphatic hydroxyl groups excluding tert-OH is 1. The van der Waals surface area contributed by atoms with Gasteiger partial charge >= 0.3 is 0 Å². The number of benzene rings is 1. The Balaban J connectivity index is 2.92. The van der Waals surface area contributed by atoms with Crippen molar-refractivity contribution in [3.63, 3.8) is 0 Å². The minimum atomic E-state index is -3.53. The van der Waals surface area contributed by atoms with Crippen molar-refractivity contribution in [2.75, 3.05) is 13.2 Å². The first kappa shape index (κ1) is 11.7. The minimum Gasteiger partial charge on any atom is -0.395 e. The molecule has 0 heterocycles. The van der Waals surface area contributed by atoms with Gasteiger partial charge in [0.2, 0.25) is 10.0 Å². The van der Waals surface area contributed by atoms with Crippen LogP contribution >= 0.6 is 0 Å². The first-order valence-electron chi connectivity index (χ1n) is 4.27. The van der Waals surface area contributed by atoms with Gasteiger partial charge in [0.05, 0.1) is 11.5 Å². The molecule has 0 unspecified atom stereocenters. The van der Waals surface area contributed by atoms with E-state index in [1.54, 1.807) is 12.1 Å². The van der Waals surface area contributed by atoms with E-state index in [0.717, 1.165) is 0 Å². The third kappa shape index (κ3) is 3.06. The fourth-order valence-corrected chi connectivity index (χ4v) is 2.01. The van der Waals surface area contributed by atoms with Crippen LogP contribution in [0.1, 0.15) is 5.56 Å². The highest BCUT2D eigenvalue weighted by molar-refractivity contribution is 7.89. The fraction of sp³-hybridized carbons (Fsp3) is 0.200. The predicted molar refractivity (Wildman–Crippen MR) is 56.7 cm³/mol. The number of hydrogen-bond acceptors (Lipinski definition) is 3. The third-order valence-electron chi connectivity index (χ3n) is 1.74. The summed E-state index contributed by atoms with van der Waals surface area (Å²) in [5.74, 6) is 2.39. The number of rotatable bonds is 4. The summed E-state index contributed by atoms with van der Waals surface area (Å²) in [5.41, 5.74) is 0.621. The molecule has 2 N–H and O–H groups in total. The molecule has 80 valence electrons. The molecule has 5 heteroatoms. The second kappa shape index (κ2) is 4.94. The molecule has 0 aromatic heterocycles. The van der Waals surface area contributed by atoms with Crippen molar-refractivity contribution in [2.45, 2.75) is 4.90 Å². The van der Waals surface area contributed by atoms with E-state index >= 15 is 0 Å². The molecule has 1 rings (SSSR count). The summed E-state index contributed by atoms with van der Waals surface area (Å²) in [4.78, 5) is 0.134. The molecular formula is C10H11NO3S. The smallest absolute Gasteiger partial charge is 0.240 e. The Morgan fingerprint density at radius 3 is 2.40 bits per heavy atom. The molecule has 0 fully saturated rings. The maximum absolute atomic E-state index is 11.5. The van der Waals surface area contributed by atoms with Crippen LogP contribution in [-0.4, -0.2) is 26.7 Å². The molecule has 1 aromatic carbocycles. The lowest BCUT2D eigenvalue weighted by atomic mass is 10.2. The van der Waals surface area contributed by atoms with E-state index in [-0.39, 0.29) is 18.0 Å². The summed E-state index contributed by atoms with van der Waals surface area (Å²) >= 11 is 0. The van der Waals surface area contributed by atoms with E-state index in [9.17, 15) is 8.42 Å². The second-order valence-electron chi connectivity index (χ2n) is 2.79. The molecule has 0 saturated heterocycles. The summed E-state index contributed by atoms with van der Waals surface area (Å²) in [6.07, 6.45) is 5.14. The van der Waals surface area contributed by atoms with E-state index in [0.29, 0.717) is 5.56 Å². The first-order chi connectivity index (χ1) is 7.10. The lowest BCUT2D eigenvalue weighted by Gasteiger charge is -2.04. The summed E-state index contributed by atoms with van der Waals surface area (Å²) in [7, 11) is -3.53. The minimum absolute atomic E-state index is 0.000770. The van der Waals surface area contributed by atoms with Crippen molar-refractivity contribution in [1.82, 2.24) is 4.72 Å². The van der Waals surface area contributed by atoms with Gasteiger partial charge in [-0.05, 0) is 24.3 Å². The van der Waals surface area contributed by atoms with E-state index in [1.807, 2.05) is 0 Å². The van der Waals surface area contributed by atoms with Gasteiger partial charge in [-0.25, -0.2) is 13.1 Å². The van der Waals surface area contributed by atoms with Crippen LogP contribution in [0.5, 0.6) is 0 Å². The quantitative estimate of drug-likeness (QED) is 0.705. The lowest BCUT2D eigenvalue weighted by molar-refractivity contribution is 0.301. The van der Waals surface area contributed by atoms with Crippen LogP contribution in [0.4, 0.5) is 0 Å². The monoisotopic (exact) mass is 225 g/mol. The standard InChI is InChI=1S/C10H11NO3S/c1-2-9-3-5-10(6-4-9)15(13,14)11-7-8-12/h1,3-6,11-12H,7-8H2. The van der Waals surface area contributed by atoms with E-state index in [4.69, 9.17) is 11.5 Å². The van der Waals surface area contributed by atoms with E-state index in [1.165, 1.54) is 12.1 Å². The SMILES string of the molecule is C#Cc1ccc(S(=O)(=O)NCCO)cc1. The molecular weight excluding hydrogens is 214 g/mol. The maximum atomic E-state index is 11.5. The van der Waals surface area contributed by atoms with Crippen LogP contribution < -0.4 is 4.72 Å². The largest absolute Gasteiger partial charge is 0.395 e. The number of sulfonamides is 1. The fourth-order valence-electron chi connectivity index (χ4n) is 0.994. The van der Waals surface area contributed by atoms with Gasteiger partial charge in [0.25, 0.3) is 0 Å². The Bertz CT molecular complexity index is 456. The van der Waals surface area contributed by atoms with Gasteiger partial charge in [0, 0.05) is 12.1 Å². The summed E-state index contributed by atoms with van der Waals surface area (Å²) in [5, 5.41) is 8.51. The Labute approximate surface area is 89.0 Å². The highest BCUT2D eigenvalue weighted by Crippen LogP contribution is 2.09. The van der Waals surface area contributed by atoms with Crippen molar-refractivity contribution in [1.29, 1.82) is 0 Å². The predicted octanol–water partition coefficient (Wildman–Crippen LogP) is -0.0615. The van der Waals surface area contributed by atoms with Crippen LogP contribution in [0, 0.1) is 12.3 Å². The zero-order valence-corrected chi connectivity index (χ0v) is 8.79. The van der Waals surface area contributed by atoms with Crippen LogP contribution in [-0.2, 0) is 10.0 Å². The molecule has 0 radical (unpaired) electrons. The lowest BCUT2D eigenvalue weighted by Crippen LogP contribution is -2.26. The van der Waals surface area contributed by atoms with Crippen molar-refractivity contribution in [2.24, 2.45) is 0 Å². The summed E-state index contributed by atoms with van der Waals surface area (Å²) < 4.78 is 25.3. The van der Waals surface area contributed by atoms with Crippen LogP contribution in [0.15, 0.2) is 29.2 Å². The highest BCUT2D eigenvalue weighted by Gasteiger charge is 2.11. The molecule has 0 saturated carbocycles. The number of terminal acetylenes is 1. The number of hydrogen-bond donors (Lipinski definition) is 2. The Hall–Kier alpha value is -1.35. The number of aliphatic hydroxyl groups is 1. The second-order valence-corrected chi connectivity index (χ2v) is 4.56. The van der Waals surface area contributed by atoms with Crippen molar-refractivity contribution >= 4 is 10.0 Å². The zero-order chi connectivity index (χ0) is 11.3. The van der Waals surface area contributed by atoms with Crippen LogP contribution in [0.3, 0.4) is 0 Å². The maximum Gasteiger partial charge on any atom is 0.240 e. The average Bonchev–Trinajstić information content (AvgIpc) is 2.26. The molecule has 0 aliphatic carbocycles. The summed E-state index contributed by atoms with van der Waals surface area (Å²) in [6, 6.07) is 5.95. The molecule has 0 aliphatic heterocycles. The van der Waals surface area contributed by atoms with Gasteiger partial charge in [0.1, 0.15) is 0 Å². The molecule has 0 amide bonds. The van der Waals surface area contributed by atoms with Crippen LogP contribution in [0.25, 0.3) is 0 Å². The molecule has 15 heavy (non-hydrogen) atoms. The molecule has 0 spiro atoms. The average molecular weight is 225 g/mol. The Kier molecular flexibility index (Phi) is 3.86. The van der Waals surface area contributed by atoms with E-state index < -0.39 is 10.0 Å². The van der Waals surface area contributed by atoms with E-state index in [2.05, 4.69) is 10.6 Å². The van der Waals surface area contributed by atoms with Gasteiger partial charge < -0.3 is 5.11 Å². The molecule has 0 atom stereocenters. The van der Waals surface area contributed by atoms with Crippen molar-refractivity contribution in [3.05, 3.63) is 29.8 Å². The van der Waals surface area contributed by atoms with Gasteiger partial charge in [-0.1, -0.05) is 5.92 Å². The molecule has 0 bridgehead atoms. The molecule has 4 nitrogen and oxygen atoms in total.